The first-order valence-electron chi connectivity index (χ1n) is 10.1. The van der Waals surface area contributed by atoms with Crippen molar-refractivity contribution in [2.45, 2.75) is 26.2 Å². The monoisotopic (exact) mass is 474 g/mol. The molecule has 0 unspecified atom stereocenters. The molecule has 0 saturated heterocycles. The van der Waals surface area contributed by atoms with E-state index < -0.39 is 10.0 Å². The molecule has 7 nitrogen and oxygen atoms in total. The Bertz CT molecular complexity index is 1290. The first-order chi connectivity index (χ1) is 14.9. The summed E-state index contributed by atoms with van der Waals surface area (Å²) in [6, 6.07) is 14.0. The molecule has 0 aliphatic carbocycles. The second-order valence-electron chi connectivity index (χ2n) is 8.77. The van der Waals surface area contributed by atoms with Gasteiger partial charge >= 0.3 is 0 Å². The number of hydrogen-bond acceptors (Lipinski definition) is 4. The summed E-state index contributed by atoms with van der Waals surface area (Å²) in [5, 5.41) is 2.71. The van der Waals surface area contributed by atoms with Crippen LogP contribution in [0.4, 0.5) is 11.4 Å². The average Bonchev–Trinajstić information content (AvgIpc) is 3.02. The highest BCUT2D eigenvalue weighted by Crippen LogP contribution is 2.41. The van der Waals surface area contributed by atoms with Crippen molar-refractivity contribution in [2.24, 2.45) is 12.9 Å². The molecule has 9 heteroatoms. The number of methoxy groups -OCH3 is 1. The number of nitrogens with two attached hydrogens (primary N) is 1. The van der Waals surface area contributed by atoms with Gasteiger partial charge in [-0.25, -0.2) is 14.3 Å². The lowest BCUT2D eigenvalue weighted by Gasteiger charge is -2.28. The zero-order valence-corrected chi connectivity index (χ0v) is 21.3. The molecule has 0 aliphatic heterocycles. The van der Waals surface area contributed by atoms with E-state index in [0.29, 0.717) is 17.1 Å². The minimum Gasteiger partial charge on any atom is -0.492 e. The SMILES string of the molecule is COc1c(NS(C)(=O)=O)cc(C(C)(C)C)cc1N(N)C(=PC)c1cc2ccccc2n1C. The molecule has 0 aliphatic rings. The number of hydrazine groups is 1. The maximum Gasteiger partial charge on any atom is 0.229 e. The van der Waals surface area contributed by atoms with E-state index in [9.17, 15) is 8.42 Å². The number of sulfonamides is 1. The Morgan fingerprint density at radius 1 is 1.19 bits per heavy atom. The lowest BCUT2D eigenvalue weighted by Crippen LogP contribution is -2.38. The van der Waals surface area contributed by atoms with Crippen molar-refractivity contribution in [1.82, 2.24) is 4.57 Å². The first-order valence-corrected chi connectivity index (χ1v) is 13.4. The van der Waals surface area contributed by atoms with Gasteiger partial charge in [0.1, 0.15) is 11.1 Å². The second kappa shape index (κ2) is 8.77. The number of aryl methyl sites for hydroxylation is 1. The van der Waals surface area contributed by atoms with Crippen LogP contribution in [0, 0.1) is 0 Å². The van der Waals surface area contributed by atoms with Gasteiger partial charge in [-0.05, 0) is 41.9 Å². The van der Waals surface area contributed by atoms with Gasteiger partial charge < -0.3 is 9.30 Å². The highest BCUT2D eigenvalue weighted by Gasteiger charge is 2.25. The quantitative estimate of drug-likeness (QED) is 0.316. The van der Waals surface area contributed by atoms with Crippen molar-refractivity contribution >= 4 is 45.9 Å². The predicted molar refractivity (Wildman–Crippen MR) is 137 cm³/mol. The third kappa shape index (κ3) is 4.77. The summed E-state index contributed by atoms with van der Waals surface area (Å²) in [7, 11) is 0.949. The van der Waals surface area contributed by atoms with Crippen molar-refractivity contribution in [3.8, 4) is 5.75 Å². The topological polar surface area (TPSA) is 89.6 Å². The molecule has 1 aromatic heterocycles. The molecule has 0 atom stereocenters. The molecular formula is C23H31N4O3PS. The standard InChI is InChI=1S/C23H31N4O3PS/c1-23(2,3)16-13-17(25-32(7,28)29)21(30-5)19(14-16)27(24)22(31-6)20-12-15-10-8-9-11-18(15)26(20)4/h8-14,25H,24H2,1-7H3. The number of nitrogens with zero attached hydrogens (tertiary/aromatic N) is 2. The van der Waals surface area contributed by atoms with Gasteiger partial charge in [0.25, 0.3) is 0 Å². The van der Waals surface area contributed by atoms with Gasteiger partial charge in [0, 0.05) is 18.0 Å². The first kappa shape index (κ1) is 24.1. The third-order valence-electron chi connectivity index (χ3n) is 5.32. The maximum absolute atomic E-state index is 12.0. The number of para-hydroxylation sites is 1. The Labute approximate surface area is 192 Å². The van der Waals surface area contributed by atoms with Gasteiger partial charge in [0.05, 0.1) is 24.7 Å². The Kier molecular flexibility index (Phi) is 6.61. The van der Waals surface area contributed by atoms with Crippen LogP contribution in [0.5, 0.6) is 5.75 Å². The van der Waals surface area contributed by atoms with E-state index in [0.717, 1.165) is 42.0 Å². The molecule has 0 bridgehead atoms. The van der Waals surface area contributed by atoms with E-state index in [-0.39, 0.29) is 5.41 Å². The molecule has 32 heavy (non-hydrogen) atoms. The number of rotatable bonds is 6. The fraction of sp³-hybridized carbons (Fsp3) is 0.348. The number of nitrogens with one attached hydrogen (secondary N) is 1. The Balaban J connectivity index is 2.23. The summed E-state index contributed by atoms with van der Waals surface area (Å²) < 4.78 is 34.4. The van der Waals surface area contributed by atoms with Gasteiger partial charge in [0.15, 0.2) is 5.75 Å². The zero-order chi connectivity index (χ0) is 23.8. The van der Waals surface area contributed by atoms with E-state index in [2.05, 4.69) is 48.3 Å². The number of aromatic nitrogens is 1. The van der Waals surface area contributed by atoms with Crippen LogP contribution in [-0.2, 0) is 22.5 Å². The number of fused-ring (bicyclic) bond motifs is 1. The zero-order valence-electron chi connectivity index (χ0n) is 19.6. The van der Waals surface area contributed by atoms with E-state index >= 15 is 0 Å². The fourth-order valence-corrected chi connectivity index (χ4v) is 5.00. The smallest absolute Gasteiger partial charge is 0.229 e. The van der Waals surface area contributed by atoms with Crippen LogP contribution in [0.1, 0.15) is 32.0 Å². The summed E-state index contributed by atoms with van der Waals surface area (Å²) >= 11 is 0. The molecule has 3 rings (SSSR count). The summed E-state index contributed by atoms with van der Waals surface area (Å²) in [6.45, 7) is 8.21. The number of benzene rings is 2. The van der Waals surface area contributed by atoms with Gasteiger partial charge in [-0.1, -0.05) is 47.2 Å². The largest absolute Gasteiger partial charge is 0.492 e. The molecular weight excluding hydrogens is 443 g/mol. The van der Waals surface area contributed by atoms with Crippen LogP contribution in [0.3, 0.4) is 0 Å². The van der Waals surface area contributed by atoms with E-state index in [1.807, 2.05) is 31.9 Å². The normalized spacial score (nSPS) is 12.8. The molecule has 0 radical (unpaired) electrons. The highest BCUT2D eigenvalue weighted by atomic mass is 32.2. The molecule has 3 aromatic rings. The minimum absolute atomic E-state index is 0.237. The molecule has 2 aromatic carbocycles. The molecule has 0 saturated carbocycles. The molecule has 3 N–H and O–H groups in total. The Hall–Kier alpha value is -2.54. The van der Waals surface area contributed by atoms with Crippen molar-refractivity contribution in [1.29, 1.82) is 0 Å². The maximum atomic E-state index is 12.0. The fourth-order valence-electron chi connectivity index (χ4n) is 3.68. The van der Waals surface area contributed by atoms with Crippen molar-refractivity contribution < 1.29 is 13.2 Å². The van der Waals surface area contributed by atoms with E-state index in [4.69, 9.17) is 10.6 Å². The van der Waals surface area contributed by atoms with Crippen molar-refractivity contribution in [2.75, 3.05) is 29.8 Å². The average molecular weight is 475 g/mol. The summed E-state index contributed by atoms with van der Waals surface area (Å²) in [4.78, 5) is 0. The predicted octanol–water partition coefficient (Wildman–Crippen LogP) is 4.29. The van der Waals surface area contributed by atoms with Crippen molar-refractivity contribution in [3.63, 3.8) is 0 Å². The molecule has 0 amide bonds. The molecule has 0 spiro atoms. The van der Waals surface area contributed by atoms with Crippen LogP contribution in [-0.4, -0.2) is 38.4 Å². The van der Waals surface area contributed by atoms with Gasteiger partial charge in [-0.15, -0.1) is 0 Å². The van der Waals surface area contributed by atoms with E-state index in [1.165, 1.54) is 7.11 Å². The summed E-state index contributed by atoms with van der Waals surface area (Å²) in [6.07, 6.45) is 1.12. The van der Waals surface area contributed by atoms with Crippen molar-refractivity contribution in [3.05, 3.63) is 53.7 Å². The lowest BCUT2D eigenvalue weighted by molar-refractivity contribution is 0.417. The van der Waals surface area contributed by atoms with Crippen LogP contribution in [0.2, 0.25) is 0 Å². The number of anilines is 2. The Morgan fingerprint density at radius 3 is 2.38 bits per heavy atom. The van der Waals surface area contributed by atoms with Gasteiger partial charge in [0.2, 0.25) is 10.0 Å². The third-order valence-corrected chi connectivity index (χ3v) is 6.77. The highest BCUT2D eigenvalue weighted by molar-refractivity contribution is 7.92. The second-order valence-corrected chi connectivity index (χ2v) is 11.4. The summed E-state index contributed by atoms with van der Waals surface area (Å²) in [5.74, 6) is 7.08. The molecule has 172 valence electrons. The summed E-state index contributed by atoms with van der Waals surface area (Å²) in [5.41, 5.74) is 4.57. The lowest BCUT2D eigenvalue weighted by atomic mass is 9.86. The molecule has 1 heterocycles. The van der Waals surface area contributed by atoms with Crippen LogP contribution < -0.4 is 20.3 Å². The Morgan fingerprint density at radius 2 is 1.84 bits per heavy atom. The van der Waals surface area contributed by atoms with Crippen LogP contribution in [0.25, 0.3) is 10.9 Å². The molecule has 0 fully saturated rings. The van der Waals surface area contributed by atoms with E-state index in [1.54, 1.807) is 11.1 Å². The number of hydrogen-bond donors (Lipinski definition) is 2. The minimum atomic E-state index is -3.52. The van der Waals surface area contributed by atoms with Crippen LogP contribution >= 0.6 is 8.20 Å². The number of ether oxygens (including phenoxy) is 1. The van der Waals surface area contributed by atoms with Crippen LogP contribution in [0.15, 0.2) is 42.5 Å². The van der Waals surface area contributed by atoms with Gasteiger partial charge in [-0.3, -0.25) is 9.73 Å². The van der Waals surface area contributed by atoms with Gasteiger partial charge in [-0.2, -0.15) is 0 Å².